The van der Waals surface area contributed by atoms with E-state index < -0.39 is 35.0 Å². The van der Waals surface area contributed by atoms with E-state index >= 15 is 0 Å². The van der Waals surface area contributed by atoms with Gasteiger partial charge in [-0.25, -0.2) is 13.8 Å². The van der Waals surface area contributed by atoms with Crippen molar-refractivity contribution < 1.29 is 37.5 Å². The molecule has 1 unspecified atom stereocenters. The van der Waals surface area contributed by atoms with E-state index in [1.165, 1.54) is 0 Å². The number of aromatic nitrogens is 1. The van der Waals surface area contributed by atoms with E-state index in [1.807, 2.05) is 36.1 Å². The molecular weight excluding hydrogens is 925 g/mol. The molecule has 7 heterocycles. The van der Waals surface area contributed by atoms with Crippen LogP contribution >= 0.6 is 0 Å². The number of anilines is 1. The summed E-state index contributed by atoms with van der Waals surface area (Å²) in [5.74, 6) is -1.49. The summed E-state index contributed by atoms with van der Waals surface area (Å²) in [7, 11) is 0. The van der Waals surface area contributed by atoms with Gasteiger partial charge in [0.1, 0.15) is 35.3 Å². The Bertz CT molecular complexity index is 2770. The number of piperidine rings is 3. The minimum atomic E-state index is -0.812. The number of nitriles is 1. The number of imide groups is 1. The van der Waals surface area contributed by atoms with Crippen molar-refractivity contribution in [2.75, 3.05) is 77.0 Å². The van der Waals surface area contributed by atoms with Crippen LogP contribution in [0.3, 0.4) is 0 Å². The fourth-order valence-electron chi connectivity index (χ4n) is 10.8. The summed E-state index contributed by atoms with van der Waals surface area (Å²) in [5, 5.41) is 26.0. The number of hydrogen-bond acceptors (Lipinski definition) is 13. The lowest BCUT2D eigenvalue weighted by Gasteiger charge is -2.46. The van der Waals surface area contributed by atoms with E-state index in [4.69, 9.17) is 15.1 Å². The third-order valence-corrected chi connectivity index (χ3v) is 14.9. The zero-order valence-electron chi connectivity index (χ0n) is 40.4. The molecule has 0 aliphatic carbocycles. The number of nitrogens with zero attached hydrogens (tertiary/aromatic N) is 7. The summed E-state index contributed by atoms with van der Waals surface area (Å²) in [6.45, 7) is 8.61. The average Bonchev–Trinajstić information content (AvgIpc) is 3.72. The van der Waals surface area contributed by atoms with E-state index in [2.05, 4.69) is 42.8 Å². The number of carbonyl (C=O) groups is 5. The van der Waals surface area contributed by atoms with Gasteiger partial charge in [0, 0.05) is 107 Å². The Morgan fingerprint density at radius 3 is 2.44 bits per heavy atom. The van der Waals surface area contributed by atoms with Crippen molar-refractivity contribution in [3.63, 3.8) is 0 Å². The van der Waals surface area contributed by atoms with E-state index in [-0.39, 0.29) is 41.2 Å². The number of piperazine rings is 1. The first kappa shape index (κ1) is 49.7. The quantitative estimate of drug-likeness (QED) is 0.0995. The van der Waals surface area contributed by atoms with Crippen molar-refractivity contribution in [3.8, 4) is 6.07 Å². The van der Waals surface area contributed by atoms with Gasteiger partial charge in [0.15, 0.2) is 0 Å². The molecule has 3 aromatic rings. The average molecular weight is 984 g/mol. The summed E-state index contributed by atoms with van der Waals surface area (Å²) in [4.78, 5) is 79.8. The first-order chi connectivity index (χ1) is 34.8. The molecule has 19 heteroatoms. The minimum absolute atomic E-state index is 0.0839. The maximum atomic E-state index is 14.9. The zero-order valence-corrected chi connectivity index (χ0v) is 40.4. The molecule has 5 amide bonds. The molecule has 0 spiro atoms. The monoisotopic (exact) mass is 983 g/mol. The summed E-state index contributed by atoms with van der Waals surface area (Å²) in [6, 6.07) is 14.1. The standard InChI is InChI=1S/C53H59F2N11O6/c1-2-72-40-27-41(49(59-31-40)38(28-56)29-57)36-5-9-46(58-30-36)64-19-14-53(15-20-64,61-50(69)43-26-39(54)6-7-44(43)55)33-63-21-23-65(24-22-63)48(68)13-18-62-16-11-34(12-17-62)35-3-4-37-32-66(52(71)42(37)25-35)45-8-10-47(67)60-51(45)70/h3-7,9,25-28,30-31,34,45,56,59H,2,8,10-24,32-33H2,1H3,(H,61,69)(H,60,67,70)/b49-38+,56-28?. The number of allylic oxidation sites excluding steroid dienone is 3. The van der Waals surface area contributed by atoms with Crippen LogP contribution in [0.5, 0.6) is 0 Å². The van der Waals surface area contributed by atoms with Crippen LogP contribution in [0.2, 0.25) is 0 Å². The second-order valence-electron chi connectivity index (χ2n) is 19.3. The number of hydrogen-bond donors (Lipinski definition) is 4. The lowest BCUT2D eigenvalue weighted by atomic mass is 9.86. The minimum Gasteiger partial charge on any atom is -0.492 e. The molecule has 4 fully saturated rings. The number of ether oxygens (including phenoxy) is 1. The van der Waals surface area contributed by atoms with Gasteiger partial charge in [0.25, 0.3) is 11.8 Å². The van der Waals surface area contributed by atoms with Crippen molar-refractivity contribution in [1.29, 1.82) is 10.7 Å². The van der Waals surface area contributed by atoms with E-state index in [9.17, 15) is 38.0 Å². The molecule has 376 valence electrons. The fraction of sp³-hybridized carbons (Fsp3) is 0.434. The van der Waals surface area contributed by atoms with Crippen molar-refractivity contribution in [2.24, 2.45) is 0 Å². The molecule has 4 saturated heterocycles. The molecule has 9 rings (SSSR count). The maximum absolute atomic E-state index is 14.9. The number of dihydropyridines is 1. The Kier molecular flexibility index (Phi) is 14.9. The number of amides is 5. The van der Waals surface area contributed by atoms with Crippen LogP contribution in [0.25, 0.3) is 5.57 Å². The third-order valence-electron chi connectivity index (χ3n) is 14.9. The number of likely N-dealkylation sites (tertiary alicyclic amines) is 1. The number of halogens is 2. The van der Waals surface area contributed by atoms with Crippen molar-refractivity contribution in [1.82, 2.24) is 40.5 Å². The van der Waals surface area contributed by atoms with E-state index in [0.717, 1.165) is 61.5 Å². The van der Waals surface area contributed by atoms with Gasteiger partial charge in [-0.05, 0) is 112 Å². The van der Waals surface area contributed by atoms with Crippen LogP contribution < -0.4 is 20.9 Å². The molecule has 17 nitrogen and oxygen atoms in total. The summed E-state index contributed by atoms with van der Waals surface area (Å²) < 4.78 is 34.9. The van der Waals surface area contributed by atoms with Gasteiger partial charge in [-0.2, -0.15) is 5.26 Å². The molecule has 6 aliphatic rings. The normalized spacial score (nSPS) is 21.4. The first-order valence-electron chi connectivity index (χ1n) is 24.8. The Balaban J connectivity index is 0.779. The molecule has 2 aromatic carbocycles. The highest BCUT2D eigenvalue weighted by molar-refractivity contribution is 6.05. The Morgan fingerprint density at radius 1 is 0.972 bits per heavy atom. The van der Waals surface area contributed by atoms with Gasteiger partial charge >= 0.3 is 0 Å². The molecule has 0 bridgehead atoms. The molecule has 1 atom stereocenters. The Morgan fingerprint density at radius 2 is 1.75 bits per heavy atom. The smallest absolute Gasteiger partial charge is 0.255 e. The molecule has 4 N–H and O–H groups in total. The highest BCUT2D eigenvalue weighted by atomic mass is 19.1. The van der Waals surface area contributed by atoms with Crippen molar-refractivity contribution in [3.05, 3.63) is 123 Å². The van der Waals surface area contributed by atoms with E-state index in [1.54, 1.807) is 23.4 Å². The van der Waals surface area contributed by atoms with Crippen LogP contribution in [-0.2, 0) is 25.7 Å². The lowest BCUT2D eigenvalue weighted by Crippen LogP contribution is -2.62. The summed E-state index contributed by atoms with van der Waals surface area (Å²) in [6.07, 6.45) is 9.84. The van der Waals surface area contributed by atoms with Crippen LogP contribution in [0, 0.1) is 28.4 Å². The van der Waals surface area contributed by atoms with Crippen LogP contribution in [0.15, 0.2) is 84.0 Å². The topological polar surface area (TPSA) is 207 Å². The molecule has 0 radical (unpaired) electrons. The van der Waals surface area contributed by atoms with Crippen molar-refractivity contribution >= 4 is 47.1 Å². The Labute approximate surface area is 417 Å². The second-order valence-corrected chi connectivity index (χ2v) is 19.3. The molecule has 72 heavy (non-hydrogen) atoms. The second kappa shape index (κ2) is 21.6. The molecule has 1 aromatic heterocycles. The van der Waals surface area contributed by atoms with Gasteiger partial charge < -0.3 is 40.4 Å². The van der Waals surface area contributed by atoms with Gasteiger partial charge in [0.05, 0.1) is 29.0 Å². The largest absolute Gasteiger partial charge is 0.492 e. The summed E-state index contributed by atoms with van der Waals surface area (Å²) in [5.41, 5.74) is 3.44. The SMILES string of the molecule is CCOC1=CN/C(=C(/C#N)C=N)C(c2ccc(N3CCC(CN4CCN(C(=O)CCN5CCC(c6ccc7c(c6)C(=O)N(C6CCC(=O)NC6=O)C7)CC5)CC4)(NC(=O)c4cc(F)ccc4F)CC3)nc2)=C1. The van der Waals surface area contributed by atoms with Crippen LogP contribution in [-0.4, -0.2) is 144 Å². The molecular formula is C53H59F2N11O6. The number of pyridine rings is 1. The molecule has 0 saturated carbocycles. The highest BCUT2D eigenvalue weighted by Crippen LogP contribution is 2.35. The predicted molar refractivity (Wildman–Crippen MR) is 263 cm³/mol. The zero-order chi connectivity index (χ0) is 50.5. The van der Waals surface area contributed by atoms with E-state index in [0.29, 0.717) is 125 Å². The van der Waals surface area contributed by atoms with Crippen molar-refractivity contribution in [2.45, 2.75) is 75.9 Å². The number of benzene rings is 2. The summed E-state index contributed by atoms with van der Waals surface area (Å²) >= 11 is 0. The number of rotatable bonds is 14. The number of nitrogens with one attached hydrogen (secondary N) is 4. The predicted octanol–water partition coefficient (Wildman–Crippen LogP) is 4.60. The lowest BCUT2D eigenvalue weighted by molar-refractivity contribution is -0.137. The molecule has 6 aliphatic heterocycles. The van der Waals surface area contributed by atoms with Gasteiger partial charge in [0.2, 0.25) is 17.7 Å². The first-order valence-corrected chi connectivity index (χ1v) is 24.8. The number of carbonyl (C=O) groups excluding carboxylic acids is 5. The number of fused-ring (bicyclic) bond motifs is 1. The van der Waals surface area contributed by atoms with Crippen LogP contribution in [0.4, 0.5) is 14.6 Å². The van der Waals surface area contributed by atoms with Gasteiger partial charge in [-0.3, -0.25) is 34.2 Å². The van der Waals surface area contributed by atoms with Crippen LogP contribution in [0.1, 0.15) is 95.2 Å². The highest BCUT2D eigenvalue weighted by Gasteiger charge is 2.41. The third kappa shape index (κ3) is 10.8. The Hall–Kier alpha value is -7.30. The maximum Gasteiger partial charge on any atom is 0.255 e. The van der Waals surface area contributed by atoms with Gasteiger partial charge in [-0.15, -0.1) is 0 Å². The fourth-order valence-corrected chi connectivity index (χ4v) is 10.8. The van der Waals surface area contributed by atoms with Gasteiger partial charge in [-0.1, -0.05) is 12.1 Å².